The molecule has 0 fully saturated rings. The van der Waals surface area contributed by atoms with Gasteiger partial charge in [0.05, 0.1) is 11.6 Å². The standard InChI is InChI=1S/C19H17Cl2N3O2/c1-13(26-18-8-7-15(20)11-16(18)21)19(25)23-17-6-3-2-5-14(17)12-24-10-4-9-22-24/h2-11,13H,12H2,1H3,(H,23,25)/t13-/m0/s1. The quantitative estimate of drug-likeness (QED) is 0.667. The van der Waals surface area contributed by atoms with E-state index in [1.165, 1.54) is 0 Å². The topological polar surface area (TPSA) is 56.1 Å². The lowest BCUT2D eigenvalue weighted by Crippen LogP contribution is -2.30. The third-order valence-corrected chi connectivity index (χ3v) is 4.26. The Balaban J connectivity index is 1.69. The Bertz CT molecular complexity index is 898. The Morgan fingerprint density at radius 2 is 2.04 bits per heavy atom. The molecule has 0 radical (unpaired) electrons. The summed E-state index contributed by atoms with van der Waals surface area (Å²) in [4.78, 5) is 12.5. The molecule has 1 atom stereocenters. The maximum Gasteiger partial charge on any atom is 0.265 e. The van der Waals surface area contributed by atoms with Gasteiger partial charge in [-0.15, -0.1) is 0 Å². The summed E-state index contributed by atoms with van der Waals surface area (Å²) in [5.41, 5.74) is 1.66. The highest BCUT2D eigenvalue weighted by Gasteiger charge is 2.17. The summed E-state index contributed by atoms with van der Waals surface area (Å²) in [6, 6.07) is 14.3. The highest BCUT2D eigenvalue weighted by Crippen LogP contribution is 2.28. The van der Waals surface area contributed by atoms with Gasteiger partial charge in [0.1, 0.15) is 5.75 Å². The summed E-state index contributed by atoms with van der Waals surface area (Å²) in [5.74, 6) is 0.132. The van der Waals surface area contributed by atoms with Crippen molar-refractivity contribution in [3.05, 3.63) is 76.5 Å². The molecular weight excluding hydrogens is 373 g/mol. The average molecular weight is 390 g/mol. The lowest BCUT2D eigenvalue weighted by molar-refractivity contribution is -0.122. The van der Waals surface area contributed by atoms with E-state index in [9.17, 15) is 4.79 Å². The maximum absolute atomic E-state index is 12.5. The number of halogens is 2. The number of benzene rings is 2. The normalized spacial score (nSPS) is 11.8. The molecule has 2 aromatic carbocycles. The first-order valence-corrected chi connectivity index (χ1v) is 8.76. The third kappa shape index (κ3) is 4.56. The number of nitrogens with one attached hydrogen (secondary N) is 1. The SMILES string of the molecule is C[C@H](Oc1ccc(Cl)cc1Cl)C(=O)Nc1ccccc1Cn1cccn1. The molecule has 26 heavy (non-hydrogen) atoms. The molecular formula is C19H17Cl2N3O2. The Hall–Kier alpha value is -2.50. The van der Waals surface area contributed by atoms with Gasteiger partial charge in [-0.25, -0.2) is 0 Å². The van der Waals surface area contributed by atoms with Crippen molar-refractivity contribution in [1.82, 2.24) is 9.78 Å². The van der Waals surface area contributed by atoms with E-state index in [4.69, 9.17) is 27.9 Å². The zero-order valence-electron chi connectivity index (χ0n) is 14.0. The van der Waals surface area contributed by atoms with Crippen molar-refractivity contribution in [1.29, 1.82) is 0 Å². The second-order valence-electron chi connectivity index (χ2n) is 5.68. The van der Waals surface area contributed by atoms with Crippen molar-refractivity contribution in [2.24, 2.45) is 0 Å². The van der Waals surface area contributed by atoms with Crippen LogP contribution in [0.4, 0.5) is 5.69 Å². The number of aromatic nitrogens is 2. The largest absolute Gasteiger partial charge is 0.479 e. The first-order chi connectivity index (χ1) is 12.5. The number of anilines is 1. The van der Waals surface area contributed by atoms with E-state index >= 15 is 0 Å². The van der Waals surface area contributed by atoms with Crippen LogP contribution in [0.5, 0.6) is 5.75 Å². The Kier molecular flexibility index (Phi) is 5.81. The van der Waals surface area contributed by atoms with Gasteiger partial charge in [0, 0.05) is 23.1 Å². The van der Waals surface area contributed by atoms with Crippen molar-refractivity contribution in [2.75, 3.05) is 5.32 Å². The van der Waals surface area contributed by atoms with E-state index in [1.54, 1.807) is 36.0 Å². The predicted molar refractivity (Wildman–Crippen MR) is 103 cm³/mol. The maximum atomic E-state index is 12.5. The second-order valence-corrected chi connectivity index (χ2v) is 6.53. The average Bonchev–Trinajstić information content (AvgIpc) is 3.12. The van der Waals surface area contributed by atoms with Crippen LogP contribution in [-0.2, 0) is 11.3 Å². The third-order valence-electron chi connectivity index (χ3n) is 3.73. The highest BCUT2D eigenvalue weighted by molar-refractivity contribution is 6.35. The van der Waals surface area contributed by atoms with Crippen molar-refractivity contribution < 1.29 is 9.53 Å². The molecule has 0 saturated heterocycles. The Morgan fingerprint density at radius 3 is 2.77 bits per heavy atom. The molecule has 5 nitrogen and oxygen atoms in total. The van der Waals surface area contributed by atoms with Crippen molar-refractivity contribution in [2.45, 2.75) is 19.6 Å². The summed E-state index contributed by atoms with van der Waals surface area (Å²) in [5, 5.41) is 7.96. The van der Waals surface area contributed by atoms with Gasteiger partial charge in [-0.1, -0.05) is 41.4 Å². The minimum absolute atomic E-state index is 0.274. The number of carbonyl (C=O) groups is 1. The minimum atomic E-state index is -0.730. The molecule has 1 N–H and O–H groups in total. The fourth-order valence-corrected chi connectivity index (χ4v) is 2.85. The Morgan fingerprint density at radius 1 is 1.23 bits per heavy atom. The van der Waals surface area contributed by atoms with Crippen LogP contribution in [-0.4, -0.2) is 21.8 Å². The molecule has 1 aromatic heterocycles. The van der Waals surface area contributed by atoms with Gasteiger partial charge in [-0.3, -0.25) is 9.48 Å². The summed E-state index contributed by atoms with van der Waals surface area (Å²) in [6.45, 7) is 2.22. The molecule has 0 unspecified atom stereocenters. The molecule has 1 heterocycles. The number of hydrogen-bond acceptors (Lipinski definition) is 3. The van der Waals surface area contributed by atoms with Gasteiger partial charge in [0.25, 0.3) is 5.91 Å². The molecule has 0 saturated carbocycles. The van der Waals surface area contributed by atoms with Crippen LogP contribution in [0.2, 0.25) is 10.0 Å². The van der Waals surface area contributed by atoms with Gasteiger partial charge in [0.2, 0.25) is 0 Å². The first kappa shape index (κ1) is 18.3. The smallest absolute Gasteiger partial charge is 0.265 e. The van der Waals surface area contributed by atoms with Crippen LogP contribution >= 0.6 is 23.2 Å². The lowest BCUT2D eigenvalue weighted by atomic mass is 10.1. The zero-order valence-corrected chi connectivity index (χ0v) is 15.5. The fourth-order valence-electron chi connectivity index (χ4n) is 2.40. The molecule has 1 amide bonds. The molecule has 0 bridgehead atoms. The van der Waals surface area contributed by atoms with Crippen LogP contribution in [0.3, 0.4) is 0 Å². The van der Waals surface area contributed by atoms with Crippen molar-refractivity contribution in [3.63, 3.8) is 0 Å². The summed E-state index contributed by atoms with van der Waals surface area (Å²) < 4.78 is 7.45. The fraction of sp³-hybridized carbons (Fsp3) is 0.158. The second kappa shape index (κ2) is 8.25. The van der Waals surface area contributed by atoms with E-state index in [-0.39, 0.29) is 5.91 Å². The lowest BCUT2D eigenvalue weighted by Gasteiger charge is -2.17. The van der Waals surface area contributed by atoms with E-state index < -0.39 is 6.10 Å². The van der Waals surface area contributed by atoms with Crippen LogP contribution in [0, 0.1) is 0 Å². The molecule has 0 aliphatic heterocycles. The van der Waals surface area contributed by atoms with Crippen LogP contribution in [0.1, 0.15) is 12.5 Å². The molecule has 3 aromatic rings. The molecule has 134 valence electrons. The number of amides is 1. The van der Waals surface area contributed by atoms with Gasteiger partial charge in [-0.05, 0) is 42.8 Å². The van der Waals surface area contributed by atoms with Crippen LogP contribution in [0.15, 0.2) is 60.9 Å². The summed E-state index contributed by atoms with van der Waals surface area (Å²) in [6.07, 6.45) is 2.85. The number of hydrogen-bond donors (Lipinski definition) is 1. The van der Waals surface area contributed by atoms with E-state index in [0.717, 1.165) is 5.56 Å². The molecule has 0 aliphatic carbocycles. The van der Waals surface area contributed by atoms with Gasteiger partial charge >= 0.3 is 0 Å². The summed E-state index contributed by atoms with van der Waals surface area (Å²) in [7, 11) is 0. The van der Waals surface area contributed by atoms with Gasteiger partial charge in [0.15, 0.2) is 6.10 Å². The molecule has 3 rings (SSSR count). The highest BCUT2D eigenvalue weighted by atomic mass is 35.5. The van der Waals surface area contributed by atoms with E-state index in [0.29, 0.717) is 28.0 Å². The molecule has 0 spiro atoms. The van der Waals surface area contributed by atoms with Crippen molar-refractivity contribution >= 4 is 34.8 Å². The zero-order chi connectivity index (χ0) is 18.5. The molecule has 7 heteroatoms. The molecule has 0 aliphatic rings. The Labute approximate surface area is 161 Å². The number of para-hydroxylation sites is 1. The predicted octanol–water partition coefficient (Wildman–Crippen LogP) is 4.64. The number of carbonyl (C=O) groups excluding carboxylic acids is 1. The minimum Gasteiger partial charge on any atom is -0.479 e. The van der Waals surface area contributed by atoms with Gasteiger partial charge in [-0.2, -0.15) is 5.10 Å². The van der Waals surface area contributed by atoms with E-state index in [2.05, 4.69) is 10.4 Å². The monoisotopic (exact) mass is 389 g/mol. The number of ether oxygens (including phenoxy) is 1. The van der Waals surface area contributed by atoms with Crippen LogP contribution in [0.25, 0.3) is 0 Å². The first-order valence-electron chi connectivity index (χ1n) is 8.01. The van der Waals surface area contributed by atoms with Crippen molar-refractivity contribution in [3.8, 4) is 5.75 Å². The number of nitrogens with zero attached hydrogens (tertiary/aromatic N) is 2. The summed E-state index contributed by atoms with van der Waals surface area (Å²) >= 11 is 12.0. The van der Waals surface area contributed by atoms with E-state index in [1.807, 2.05) is 36.5 Å². The van der Waals surface area contributed by atoms with Crippen LogP contribution < -0.4 is 10.1 Å². The van der Waals surface area contributed by atoms with Gasteiger partial charge < -0.3 is 10.1 Å². The number of rotatable bonds is 6.